The highest BCUT2D eigenvalue weighted by Crippen LogP contribution is 2.24. The maximum absolute atomic E-state index is 11.1. The van der Waals surface area contributed by atoms with Crippen LogP contribution in [-0.4, -0.2) is 16.5 Å². The summed E-state index contributed by atoms with van der Waals surface area (Å²) in [5.74, 6) is 0.0107. The Morgan fingerprint density at radius 2 is 1.76 bits per heavy atom. The molecule has 1 rings (SSSR count). The van der Waals surface area contributed by atoms with Crippen LogP contribution >= 0.6 is 0 Å². The van der Waals surface area contributed by atoms with Gasteiger partial charge in [0.25, 0.3) is 0 Å². The van der Waals surface area contributed by atoms with E-state index >= 15 is 0 Å². The largest absolute Gasteiger partial charge is 0.385 e. The first-order chi connectivity index (χ1) is 10.2. The maximum atomic E-state index is 11.1. The molecular formula is C19H28O2. The van der Waals surface area contributed by atoms with Crippen molar-refractivity contribution in [2.45, 2.75) is 63.9 Å². The van der Waals surface area contributed by atoms with Crippen molar-refractivity contribution in [3.05, 3.63) is 48.6 Å². The Morgan fingerprint density at radius 1 is 1.10 bits per heavy atom. The van der Waals surface area contributed by atoms with Gasteiger partial charge in [-0.1, -0.05) is 56.2 Å². The smallest absolute Gasteiger partial charge is 0.158 e. The Labute approximate surface area is 128 Å². The highest BCUT2D eigenvalue weighted by Gasteiger charge is 2.29. The fraction of sp³-hybridized carbons (Fsp3) is 0.526. The molecule has 0 aromatic rings. The van der Waals surface area contributed by atoms with Gasteiger partial charge >= 0.3 is 0 Å². The number of allylic oxidation sites excluding steroid dienone is 6. The number of hydrogen-bond acceptors (Lipinski definition) is 2. The number of unbranched alkanes of at least 4 members (excludes halogenated alkanes) is 3. The van der Waals surface area contributed by atoms with Crippen molar-refractivity contribution in [2.24, 2.45) is 0 Å². The Bertz CT molecular complexity index is 415. The predicted molar refractivity (Wildman–Crippen MR) is 89.1 cm³/mol. The van der Waals surface area contributed by atoms with Crippen LogP contribution in [0.3, 0.4) is 0 Å². The first-order valence-corrected chi connectivity index (χ1v) is 8.06. The maximum Gasteiger partial charge on any atom is 0.158 e. The van der Waals surface area contributed by atoms with Crippen molar-refractivity contribution in [2.75, 3.05) is 0 Å². The lowest BCUT2D eigenvalue weighted by Gasteiger charge is -2.16. The summed E-state index contributed by atoms with van der Waals surface area (Å²) in [7, 11) is 0. The minimum absolute atomic E-state index is 0.0107. The summed E-state index contributed by atoms with van der Waals surface area (Å²) >= 11 is 0. The van der Waals surface area contributed by atoms with Crippen LogP contribution in [0.4, 0.5) is 0 Å². The predicted octanol–water partition coefficient (Wildman–Crippen LogP) is 4.67. The molecule has 0 bridgehead atoms. The molecule has 0 amide bonds. The minimum Gasteiger partial charge on any atom is -0.385 e. The SMILES string of the molecule is CCCCC/C=C\C/C=C\C/C=C\CC1(O)C=CC(=O)C1. The Balaban J connectivity index is 2.05. The van der Waals surface area contributed by atoms with Gasteiger partial charge < -0.3 is 5.11 Å². The van der Waals surface area contributed by atoms with Gasteiger partial charge in [-0.15, -0.1) is 0 Å². The Hall–Kier alpha value is -1.41. The van der Waals surface area contributed by atoms with E-state index in [1.165, 1.54) is 31.8 Å². The van der Waals surface area contributed by atoms with E-state index in [9.17, 15) is 9.90 Å². The monoisotopic (exact) mass is 288 g/mol. The lowest BCUT2D eigenvalue weighted by Crippen LogP contribution is -2.23. The average molecular weight is 288 g/mol. The molecule has 0 spiro atoms. The van der Waals surface area contributed by atoms with Gasteiger partial charge in [0.1, 0.15) is 0 Å². The molecule has 1 aliphatic rings. The van der Waals surface area contributed by atoms with E-state index in [1.54, 1.807) is 6.08 Å². The Morgan fingerprint density at radius 3 is 2.38 bits per heavy atom. The average Bonchev–Trinajstić information content (AvgIpc) is 2.80. The molecule has 116 valence electrons. The third kappa shape index (κ3) is 8.46. The molecule has 1 N–H and O–H groups in total. The first kappa shape index (κ1) is 17.6. The van der Waals surface area contributed by atoms with Crippen LogP contribution in [0, 0.1) is 0 Å². The zero-order valence-electron chi connectivity index (χ0n) is 13.1. The summed E-state index contributed by atoms with van der Waals surface area (Å²) in [6.45, 7) is 2.22. The molecule has 0 radical (unpaired) electrons. The number of carbonyl (C=O) groups is 1. The molecule has 0 aromatic carbocycles. The second-order valence-corrected chi connectivity index (χ2v) is 5.67. The number of rotatable bonds is 10. The molecule has 0 saturated carbocycles. The normalized spacial score (nSPS) is 22.5. The molecule has 2 heteroatoms. The summed E-state index contributed by atoms with van der Waals surface area (Å²) in [4.78, 5) is 11.1. The fourth-order valence-corrected chi connectivity index (χ4v) is 2.27. The molecule has 1 aliphatic carbocycles. The van der Waals surface area contributed by atoms with E-state index in [4.69, 9.17) is 0 Å². The molecule has 2 nitrogen and oxygen atoms in total. The molecule has 21 heavy (non-hydrogen) atoms. The number of aliphatic hydroxyl groups is 1. The summed E-state index contributed by atoms with van der Waals surface area (Å²) < 4.78 is 0. The lowest BCUT2D eigenvalue weighted by molar-refractivity contribution is -0.116. The van der Waals surface area contributed by atoms with Crippen molar-refractivity contribution >= 4 is 5.78 Å². The van der Waals surface area contributed by atoms with E-state index in [1.807, 2.05) is 12.2 Å². The van der Waals surface area contributed by atoms with Gasteiger partial charge in [0.2, 0.25) is 0 Å². The minimum atomic E-state index is -0.946. The van der Waals surface area contributed by atoms with Gasteiger partial charge in [-0.3, -0.25) is 4.79 Å². The van der Waals surface area contributed by atoms with Crippen LogP contribution in [0.15, 0.2) is 48.6 Å². The third-order valence-electron chi connectivity index (χ3n) is 3.55. The number of carbonyl (C=O) groups excluding carboxylic acids is 1. The second kappa shape index (κ2) is 10.3. The van der Waals surface area contributed by atoms with Crippen LogP contribution in [-0.2, 0) is 4.79 Å². The van der Waals surface area contributed by atoms with Crippen LogP contribution in [0.25, 0.3) is 0 Å². The summed E-state index contributed by atoms with van der Waals surface area (Å²) in [6, 6.07) is 0. The quantitative estimate of drug-likeness (QED) is 0.468. The van der Waals surface area contributed by atoms with E-state index in [-0.39, 0.29) is 12.2 Å². The van der Waals surface area contributed by atoms with Gasteiger partial charge in [-0.05, 0) is 44.3 Å². The Kier molecular flexibility index (Phi) is 8.68. The summed E-state index contributed by atoms with van der Waals surface area (Å²) in [5.41, 5.74) is -0.946. The summed E-state index contributed by atoms with van der Waals surface area (Å²) in [5, 5.41) is 10.0. The first-order valence-electron chi connectivity index (χ1n) is 8.06. The van der Waals surface area contributed by atoms with Gasteiger partial charge in [0.15, 0.2) is 5.78 Å². The topological polar surface area (TPSA) is 37.3 Å². The summed E-state index contributed by atoms with van der Waals surface area (Å²) in [6.07, 6.45) is 23.5. The zero-order chi connectivity index (χ0) is 15.4. The molecule has 0 heterocycles. The van der Waals surface area contributed by atoms with Gasteiger partial charge in [0.05, 0.1) is 5.60 Å². The number of hydrogen-bond donors (Lipinski definition) is 1. The fourth-order valence-electron chi connectivity index (χ4n) is 2.27. The second-order valence-electron chi connectivity index (χ2n) is 5.67. The van der Waals surface area contributed by atoms with Gasteiger partial charge in [0, 0.05) is 6.42 Å². The van der Waals surface area contributed by atoms with Crippen molar-refractivity contribution in [3.8, 4) is 0 Å². The molecule has 1 unspecified atom stereocenters. The molecule has 0 aromatic heterocycles. The van der Waals surface area contributed by atoms with Crippen molar-refractivity contribution in [1.29, 1.82) is 0 Å². The van der Waals surface area contributed by atoms with E-state index in [2.05, 4.69) is 31.2 Å². The molecule has 0 aliphatic heterocycles. The highest BCUT2D eigenvalue weighted by atomic mass is 16.3. The van der Waals surface area contributed by atoms with Crippen molar-refractivity contribution in [3.63, 3.8) is 0 Å². The van der Waals surface area contributed by atoms with Crippen LogP contribution in [0.1, 0.15) is 58.3 Å². The zero-order valence-corrected chi connectivity index (χ0v) is 13.1. The number of ketones is 1. The molecular weight excluding hydrogens is 260 g/mol. The van der Waals surface area contributed by atoms with Crippen molar-refractivity contribution < 1.29 is 9.90 Å². The van der Waals surface area contributed by atoms with Gasteiger partial charge in [-0.25, -0.2) is 0 Å². The van der Waals surface area contributed by atoms with Crippen LogP contribution < -0.4 is 0 Å². The molecule has 1 atom stereocenters. The van der Waals surface area contributed by atoms with Crippen molar-refractivity contribution in [1.82, 2.24) is 0 Å². The van der Waals surface area contributed by atoms with E-state index < -0.39 is 5.60 Å². The highest BCUT2D eigenvalue weighted by molar-refractivity contribution is 5.93. The van der Waals surface area contributed by atoms with Gasteiger partial charge in [-0.2, -0.15) is 0 Å². The van der Waals surface area contributed by atoms with E-state index in [0.29, 0.717) is 6.42 Å². The lowest BCUT2D eigenvalue weighted by atomic mass is 9.99. The third-order valence-corrected chi connectivity index (χ3v) is 3.55. The van der Waals surface area contributed by atoms with E-state index in [0.717, 1.165) is 12.8 Å². The van der Waals surface area contributed by atoms with Crippen LogP contribution in [0.2, 0.25) is 0 Å². The molecule has 0 fully saturated rings. The standard InChI is InChI=1S/C19H28O2/c1-2-3-4-5-6-7-8-9-10-11-12-13-15-19(21)16-14-18(20)17-19/h6-7,9-10,12-14,16,21H,2-5,8,11,15,17H2,1H3/b7-6-,10-9-,13-12-. The van der Waals surface area contributed by atoms with Crippen LogP contribution in [0.5, 0.6) is 0 Å². The molecule has 0 saturated heterocycles.